The Balaban J connectivity index is 1.40. The van der Waals surface area contributed by atoms with Gasteiger partial charge in [-0.1, -0.05) is 18.2 Å². The number of carbonyl (C=O) groups excluding carboxylic acids is 3. The smallest absolute Gasteiger partial charge is 0.338 e. The van der Waals surface area contributed by atoms with E-state index in [1.165, 1.54) is 0 Å². The standard InChI is InChI=1S/C25H22N4O4/c1-16-27-21-14-18(10-13-22(21)29(16)20-6-4-3-5-7-20)25(32)33-15-23(30)28-19-11-8-17(9-12-19)24(31)26-2/h3-14H,15H2,1-2H3,(H,26,31)(H,28,30). The average molecular weight is 442 g/mol. The zero-order valence-electron chi connectivity index (χ0n) is 18.2. The largest absolute Gasteiger partial charge is 0.452 e. The molecule has 33 heavy (non-hydrogen) atoms. The van der Waals surface area contributed by atoms with Crippen LogP contribution in [0.4, 0.5) is 5.69 Å². The summed E-state index contributed by atoms with van der Waals surface area (Å²) in [6.45, 7) is 1.46. The molecule has 3 aromatic carbocycles. The number of ether oxygens (including phenoxy) is 1. The number of carbonyl (C=O) groups is 3. The van der Waals surface area contributed by atoms with Gasteiger partial charge in [0.05, 0.1) is 16.6 Å². The molecule has 0 radical (unpaired) electrons. The first-order chi connectivity index (χ1) is 16.0. The summed E-state index contributed by atoms with van der Waals surface area (Å²) in [6.07, 6.45) is 0. The zero-order valence-corrected chi connectivity index (χ0v) is 18.2. The molecule has 0 aliphatic carbocycles. The van der Waals surface area contributed by atoms with Gasteiger partial charge in [0.1, 0.15) is 5.82 Å². The van der Waals surface area contributed by atoms with Gasteiger partial charge in [0.2, 0.25) is 0 Å². The zero-order chi connectivity index (χ0) is 23.4. The Kier molecular flexibility index (Phi) is 6.17. The molecule has 0 fully saturated rings. The van der Waals surface area contributed by atoms with Crippen molar-refractivity contribution in [3.63, 3.8) is 0 Å². The van der Waals surface area contributed by atoms with Gasteiger partial charge in [0.25, 0.3) is 11.8 Å². The van der Waals surface area contributed by atoms with E-state index in [0.29, 0.717) is 22.3 Å². The summed E-state index contributed by atoms with van der Waals surface area (Å²) in [7, 11) is 1.54. The van der Waals surface area contributed by atoms with E-state index < -0.39 is 18.5 Å². The quantitative estimate of drug-likeness (QED) is 0.445. The molecule has 2 amide bonds. The second-order valence-electron chi connectivity index (χ2n) is 7.31. The van der Waals surface area contributed by atoms with Gasteiger partial charge >= 0.3 is 5.97 Å². The Labute approximate surface area is 190 Å². The van der Waals surface area contributed by atoms with E-state index in [0.717, 1.165) is 17.0 Å². The number of aromatic nitrogens is 2. The van der Waals surface area contributed by atoms with Gasteiger partial charge in [-0.25, -0.2) is 9.78 Å². The molecular weight excluding hydrogens is 420 g/mol. The van der Waals surface area contributed by atoms with Gasteiger partial charge in [-0.2, -0.15) is 0 Å². The number of fused-ring (bicyclic) bond motifs is 1. The number of esters is 1. The minimum Gasteiger partial charge on any atom is -0.452 e. The summed E-state index contributed by atoms with van der Waals surface area (Å²) in [4.78, 5) is 40.8. The van der Waals surface area contributed by atoms with Crippen molar-refractivity contribution in [2.75, 3.05) is 19.0 Å². The van der Waals surface area contributed by atoms with Gasteiger partial charge in [-0.3, -0.25) is 14.2 Å². The average Bonchev–Trinajstić information content (AvgIpc) is 3.17. The summed E-state index contributed by atoms with van der Waals surface area (Å²) in [5.41, 5.74) is 3.78. The van der Waals surface area contributed by atoms with Crippen LogP contribution in [0, 0.1) is 6.92 Å². The Morgan fingerprint density at radius 1 is 0.939 bits per heavy atom. The predicted molar refractivity (Wildman–Crippen MR) is 125 cm³/mol. The maximum atomic E-state index is 12.5. The van der Waals surface area contributed by atoms with Gasteiger partial charge < -0.3 is 15.4 Å². The molecule has 2 N–H and O–H groups in total. The van der Waals surface area contributed by atoms with Crippen molar-refractivity contribution in [1.29, 1.82) is 0 Å². The van der Waals surface area contributed by atoms with Crippen molar-refractivity contribution >= 4 is 34.5 Å². The number of hydrogen-bond acceptors (Lipinski definition) is 5. The van der Waals surface area contributed by atoms with Crippen molar-refractivity contribution < 1.29 is 19.1 Å². The minimum atomic E-state index is -0.617. The van der Waals surface area contributed by atoms with Crippen LogP contribution < -0.4 is 10.6 Å². The number of rotatable bonds is 6. The number of aryl methyl sites for hydroxylation is 1. The number of hydrogen-bond donors (Lipinski definition) is 2. The van der Waals surface area contributed by atoms with Crippen molar-refractivity contribution in [3.8, 4) is 5.69 Å². The number of nitrogens with one attached hydrogen (secondary N) is 2. The van der Waals surface area contributed by atoms with Crippen LogP contribution in [0.3, 0.4) is 0 Å². The Morgan fingerprint density at radius 2 is 1.64 bits per heavy atom. The van der Waals surface area contributed by atoms with Crippen LogP contribution in [-0.2, 0) is 9.53 Å². The van der Waals surface area contributed by atoms with Crippen LogP contribution in [0.5, 0.6) is 0 Å². The lowest BCUT2D eigenvalue weighted by Crippen LogP contribution is -2.21. The highest BCUT2D eigenvalue weighted by Gasteiger charge is 2.15. The summed E-state index contributed by atoms with van der Waals surface area (Å²) in [5.74, 6) is -0.527. The van der Waals surface area contributed by atoms with E-state index in [1.807, 2.05) is 47.9 Å². The summed E-state index contributed by atoms with van der Waals surface area (Å²) in [6, 6.07) is 21.3. The van der Waals surface area contributed by atoms with E-state index >= 15 is 0 Å². The highest BCUT2D eigenvalue weighted by molar-refractivity contribution is 5.98. The number of para-hydroxylation sites is 1. The van der Waals surface area contributed by atoms with Crippen molar-refractivity contribution in [1.82, 2.24) is 14.9 Å². The molecule has 166 valence electrons. The van der Waals surface area contributed by atoms with Gasteiger partial charge in [-0.05, 0) is 61.5 Å². The van der Waals surface area contributed by atoms with E-state index in [-0.39, 0.29) is 5.91 Å². The normalized spacial score (nSPS) is 10.6. The van der Waals surface area contributed by atoms with Crippen molar-refractivity contribution in [2.24, 2.45) is 0 Å². The van der Waals surface area contributed by atoms with Crippen LogP contribution in [0.15, 0.2) is 72.8 Å². The molecule has 4 aromatic rings. The van der Waals surface area contributed by atoms with Gasteiger partial charge in [-0.15, -0.1) is 0 Å². The van der Waals surface area contributed by atoms with Gasteiger partial charge in [0, 0.05) is 24.0 Å². The fraction of sp³-hybridized carbons (Fsp3) is 0.120. The predicted octanol–water partition coefficient (Wildman–Crippen LogP) is 3.49. The van der Waals surface area contributed by atoms with E-state index in [2.05, 4.69) is 15.6 Å². The third-order valence-electron chi connectivity index (χ3n) is 5.06. The molecule has 0 aliphatic rings. The molecule has 0 atom stereocenters. The van der Waals surface area contributed by atoms with E-state index in [4.69, 9.17) is 4.74 Å². The van der Waals surface area contributed by atoms with Crippen molar-refractivity contribution in [2.45, 2.75) is 6.92 Å². The second kappa shape index (κ2) is 9.35. The number of amides is 2. The van der Waals surface area contributed by atoms with Crippen LogP contribution in [0.1, 0.15) is 26.5 Å². The second-order valence-corrected chi connectivity index (χ2v) is 7.31. The fourth-order valence-electron chi connectivity index (χ4n) is 3.49. The first-order valence-corrected chi connectivity index (χ1v) is 10.3. The molecule has 0 saturated carbocycles. The summed E-state index contributed by atoms with van der Waals surface area (Å²) in [5, 5.41) is 5.15. The Bertz CT molecular complexity index is 1330. The van der Waals surface area contributed by atoms with E-state index in [9.17, 15) is 14.4 Å². The molecule has 0 unspecified atom stereocenters. The number of anilines is 1. The number of imidazole rings is 1. The first-order valence-electron chi connectivity index (χ1n) is 10.3. The monoisotopic (exact) mass is 442 g/mol. The molecule has 0 saturated heterocycles. The Morgan fingerprint density at radius 3 is 2.33 bits per heavy atom. The third kappa shape index (κ3) is 4.74. The lowest BCUT2D eigenvalue weighted by molar-refractivity contribution is -0.119. The van der Waals surface area contributed by atoms with Crippen LogP contribution >= 0.6 is 0 Å². The number of benzene rings is 3. The Hall–Kier alpha value is -4.46. The molecule has 1 heterocycles. The maximum Gasteiger partial charge on any atom is 0.338 e. The lowest BCUT2D eigenvalue weighted by Gasteiger charge is -2.08. The summed E-state index contributed by atoms with van der Waals surface area (Å²) < 4.78 is 7.17. The maximum absolute atomic E-state index is 12.5. The van der Waals surface area contributed by atoms with Gasteiger partial charge in [0.15, 0.2) is 6.61 Å². The van der Waals surface area contributed by atoms with Crippen molar-refractivity contribution in [3.05, 3.63) is 89.7 Å². The fourth-order valence-corrected chi connectivity index (χ4v) is 3.49. The molecule has 4 rings (SSSR count). The van der Waals surface area contributed by atoms with Crippen LogP contribution in [0.25, 0.3) is 16.7 Å². The third-order valence-corrected chi connectivity index (χ3v) is 5.06. The molecule has 1 aromatic heterocycles. The topological polar surface area (TPSA) is 102 Å². The van der Waals surface area contributed by atoms with Crippen LogP contribution in [-0.4, -0.2) is 41.0 Å². The molecule has 0 bridgehead atoms. The first kappa shape index (κ1) is 21.8. The highest BCUT2D eigenvalue weighted by atomic mass is 16.5. The SMILES string of the molecule is CNC(=O)c1ccc(NC(=O)COC(=O)c2ccc3c(c2)nc(C)n3-c2ccccc2)cc1. The lowest BCUT2D eigenvalue weighted by atomic mass is 10.2. The van der Waals surface area contributed by atoms with E-state index in [1.54, 1.807) is 43.4 Å². The molecule has 0 aliphatic heterocycles. The minimum absolute atomic E-state index is 0.220. The van der Waals surface area contributed by atoms with Crippen LogP contribution in [0.2, 0.25) is 0 Å². The number of nitrogens with zero attached hydrogens (tertiary/aromatic N) is 2. The highest BCUT2D eigenvalue weighted by Crippen LogP contribution is 2.22. The molecule has 8 nitrogen and oxygen atoms in total. The molecular formula is C25H22N4O4. The summed E-state index contributed by atoms with van der Waals surface area (Å²) >= 11 is 0. The molecule has 0 spiro atoms. The molecule has 8 heteroatoms.